The monoisotopic (exact) mass is 441 g/mol. The molecule has 0 amide bonds. The van der Waals surface area contributed by atoms with Crippen LogP contribution in [0.3, 0.4) is 0 Å². The molecule has 0 saturated carbocycles. The number of halogens is 1. The molecule has 0 unspecified atom stereocenters. The zero-order valence-electron chi connectivity index (χ0n) is 15.9. The van der Waals surface area contributed by atoms with Gasteiger partial charge >= 0.3 is 0 Å². The third kappa shape index (κ3) is 4.43. The molecule has 1 N–H and O–H groups in total. The molecule has 1 aliphatic heterocycles. The summed E-state index contributed by atoms with van der Waals surface area (Å²) in [7, 11) is 1.76. The molecule has 6 nitrogen and oxygen atoms in total. The number of nitrogens with one attached hydrogen (secondary N) is 1. The van der Waals surface area contributed by atoms with Crippen molar-refractivity contribution in [3.05, 3.63) is 53.3 Å². The lowest BCUT2D eigenvalue weighted by atomic mass is 10.1. The summed E-state index contributed by atoms with van der Waals surface area (Å²) in [6.45, 7) is 6.07. The molecule has 4 rings (SSSR count). The Balaban J connectivity index is 1.42. The van der Waals surface area contributed by atoms with Crippen molar-refractivity contribution in [2.24, 2.45) is 0 Å². The lowest BCUT2D eigenvalue weighted by Gasteiger charge is -2.36. The van der Waals surface area contributed by atoms with E-state index in [1.807, 2.05) is 12.1 Å². The summed E-state index contributed by atoms with van der Waals surface area (Å²) < 4.78 is 5.99. The number of methoxy groups -OCH3 is 1. The molecule has 1 aromatic carbocycles. The number of ether oxygens (including phenoxy) is 1. The van der Waals surface area contributed by atoms with Crippen LogP contribution in [-0.4, -0.2) is 66.5 Å². The molecular weight excluding hydrogens is 418 g/mol. The van der Waals surface area contributed by atoms with Crippen molar-refractivity contribution in [1.82, 2.24) is 20.1 Å². The molecule has 3 aromatic rings. The minimum Gasteiger partial charge on any atom is -0.383 e. The summed E-state index contributed by atoms with van der Waals surface area (Å²) in [4.78, 5) is 9.07. The number of benzene rings is 1. The number of hydrogen-bond donors (Lipinski definition) is 1. The summed E-state index contributed by atoms with van der Waals surface area (Å²) in [6, 6.07) is 14.7. The third-order valence-corrected chi connectivity index (χ3v) is 5.56. The highest BCUT2D eigenvalue weighted by atomic mass is 79.9. The molecule has 0 bridgehead atoms. The van der Waals surface area contributed by atoms with Gasteiger partial charge in [-0.2, -0.15) is 5.10 Å². The molecule has 146 valence electrons. The van der Waals surface area contributed by atoms with Crippen LogP contribution < -0.4 is 4.90 Å². The first kappa shape index (κ1) is 19.1. The van der Waals surface area contributed by atoms with E-state index in [1.165, 1.54) is 5.69 Å². The van der Waals surface area contributed by atoms with Crippen LogP contribution in [0.25, 0.3) is 22.5 Å². The molecular formula is C21H24BrN5O. The van der Waals surface area contributed by atoms with E-state index in [-0.39, 0.29) is 0 Å². The van der Waals surface area contributed by atoms with Gasteiger partial charge in [-0.25, -0.2) is 4.98 Å². The Labute approximate surface area is 173 Å². The molecule has 0 atom stereocenters. The fraction of sp³-hybridized carbons (Fsp3) is 0.333. The van der Waals surface area contributed by atoms with Gasteiger partial charge in [0.15, 0.2) is 0 Å². The van der Waals surface area contributed by atoms with Crippen molar-refractivity contribution in [1.29, 1.82) is 0 Å². The lowest BCUT2D eigenvalue weighted by Crippen LogP contribution is -2.47. The van der Waals surface area contributed by atoms with E-state index in [1.54, 1.807) is 13.3 Å². The number of nitrogens with zero attached hydrogens (tertiary/aromatic N) is 4. The molecule has 3 heterocycles. The Morgan fingerprint density at radius 1 is 1.04 bits per heavy atom. The average Bonchev–Trinajstić information content (AvgIpc) is 3.23. The van der Waals surface area contributed by atoms with Gasteiger partial charge in [-0.15, -0.1) is 0 Å². The second-order valence-electron chi connectivity index (χ2n) is 6.90. The van der Waals surface area contributed by atoms with Crippen LogP contribution in [0, 0.1) is 0 Å². The predicted octanol–water partition coefficient (Wildman–Crippen LogP) is 3.67. The topological polar surface area (TPSA) is 57.3 Å². The molecule has 1 aliphatic rings. The first-order valence-corrected chi connectivity index (χ1v) is 10.3. The first-order valence-electron chi connectivity index (χ1n) is 9.47. The van der Waals surface area contributed by atoms with Gasteiger partial charge in [0.2, 0.25) is 0 Å². The van der Waals surface area contributed by atoms with Gasteiger partial charge in [0, 0.05) is 62.8 Å². The molecule has 0 radical (unpaired) electrons. The normalized spacial score (nSPS) is 15.1. The molecule has 0 spiro atoms. The van der Waals surface area contributed by atoms with Gasteiger partial charge in [-0.3, -0.25) is 10.00 Å². The standard InChI is InChI=1S/C21H24BrN5O/c1-28-13-12-26-8-10-27(11-9-26)18-4-2-16(3-5-18)19-15-20(25-24-19)17-6-7-23-21(22)14-17/h2-7,14-15H,8-13H2,1H3,(H,24,25). The summed E-state index contributed by atoms with van der Waals surface area (Å²) in [6.07, 6.45) is 1.78. The van der Waals surface area contributed by atoms with Crippen LogP contribution in [0.15, 0.2) is 53.3 Å². The van der Waals surface area contributed by atoms with Crippen molar-refractivity contribution < 1.29 is 4.74 Å². The Hall–Kier alpha value is -2.22. The fourth-order valence-electron chi connectivity index (χ4n) is 3.48. The predicted molar refractivity (Wildman–Crippen MR) is 115 cm³/mol. The van der Waals surface area contributed by atoms with Gasteiger partial charge in [0.25, 0.3) is 0 Å². The average molecular weight is 442 g/mol. The van der Waals surface area contributed by atoms with E-state index in [9.17, 15) is 0 Å². The Kier molecular flexibility index (Phi) is 6.04. The van der Waals surface area contributed by atoms with Crippen LogP contribution in [0.1, 0.15) is 0 Å². The van der Waals surface area contributed by atoms with E-state index >= 15 is 0 Å². The highest BCUT2D eigenvalue weighted by Crippen LogP contribution is 2.27. The summed E-state index contributed by atoms with van der Waals surface area (Å²) in [5.74, 6) is 0. The van der Waals surface area contributed by atoms with E-state index in [2.05, 4.69) is 71.2 Å². The summed E-state index contributed by atoms with van der Waals surface area (Å²) in [5.41, 5.74) is 5.36. The van der Waals surface area contributed by atoms with Gasteiger partial charge < -0.3 is 9.64 Å². The highest BCUT2D eigenvalue weighted by Gasteiger charge is 2.17. The van der Waals surface area contributed by atoms with Gasteiger partial charge in [0.1, 0.15) is 4.60 Å². The number of piperazine rings is 1. The Bertz CT molecular complexity index is 903. The molecule has 1 fully saturated rings. The summed E-state index contributed by atoms with van der Waals surface area (Å²) in [5, 5.41) is 7.60. The fourth-order valence-corrected chi connectivity index (χ4v) is 3.85. The highest BCUT2D eigenvalue weighted by molar-refractivity contribution is 9.10. The van der Waals surface area contributed by atoms with Crippen molar-refractivity contribution in [2.45, 2.75) is 0 Å². The van der Waals surface area contributed by atoms with Crippen LogP contribution in [0.2, 0.25) is 0 Å². The molecule has 2 aromatic heterocycles. The van der Waals surface area contributed by atoms with E-state index < -0.39 is 0 Å². The summed E-state index contributed by atoms with van der Waals surface area (Å²) >= 11 is 3.41. The van der Waals surface area contributed by atoms with Crippen LogP contribution in [-0.2, 0) is 4.74 Å². The van der Waals surface area contributed by atoms with Crippen molar-refractivity contribution in [3.8, 4) is 22.5 Å². The maximum Gasteiger partial charge on any atom is 0.106 e. The number of pyridine rings is 1. The van der Waals surface area contributed by atoms with Crippen LogP contribution in [0.4, 0.5) is 5.69 Å². The molecule has 28 heavy (non-hydrogen) atoms. The second-order valence-corrected chi connectivity index (χ2v) is 7.71. The largest absolute Gasteiger partial charge is 0.383 e. The van der Waals surface area contributed by atoms with Gasteiger partial charge in [0.05, 0.1) is 18.0 Å². The number of anilines is 1. The third-order valence-electron chi connectivity index (χ3n) is 5.13. The number of hydrogen-bond acceptors (Lipinski definition) is 5. The van der Waals surface area contributed by atoms with Gasteiger partial charge in [-0.1, -0.05) is 12.1 Å². The van der Waals surface area contributed by atoms with E-state index in [0.29, 0.717) is 0 Å². The van der Waals surface area contributed by atoms with E-state index in [0.717, 1.165) is 66.4 Å². The van der Waals surface area contributed by atoms with Crippen molar-refractivity contribution >= 4 is 21.6 Å². The quantitative estimate of drug-likeness (QED) is 0.591. The second kappa shape index (κ2) is 8.86. The SMILES string of the molecule is COCCN1CCN(c2ccc(-c3cc(-c4ccnc(Br)c4)[nH]n3)cc2)CC1. The maximum atomic E-state index is 5.18. The molecule has 1 saturated heterocycles. The molecule has 7 heteroatoms. The zero-order valence-corrected chi connectivity index (χ0v) is 17.5. The minimum atomic E-state index is 0.802. The number of aromatic amines is 1. The van der Waals surface area contributed by atoms with E-state index in [4.69, 9.17) is 4.74 Å². The molecule has 0 aliphatic carbocycles. The van der Waals surface area contributed by atoms with Crippen LogP contribution in [0.5, 0.6) is 0 Å². The Morgan fingerprint density at radius 2 is 1.82 bits per heavy atom. The van der Waals surface area contributed by atoms with Crippen LogP contribution >= 0.6 is 15.9 Å². The lowest BCUT2D eigenvalue weighted by molar-refractivity contribution is 0.144. The Morgan fingerprint density at radius 3 is 2.54 bits per heavy atom. The number of H-pyrrole nitrogens is 1. The first-order chi connectivity index (χ1) is 13.7. The minimum absolute atomic E-state index is 0.802. The van der Waals surface area contributed by atoms with Gasteiger partial charge in [-0.05, 0) is 46.3 Å². The number of rotatable bonds is 6. The maximum absolute atomic E-state index is 5.18. The smallest absolute Gasteiger partial charge is 0.106 e. The zero-order chi connectivity index (χ0) is 19.3. The van der Waals surface area contributed by atoms with Crippen molar-refractivity contribution in [2.75, 3.05) is 51.3 Å². The van der Waals surface area contributed by atoms with Crippen molar-refractivity contribution in [3.63, 3.8) is 0 Å². The number of aromatic nitrogens is 3.